The summed E-state index contributed by atoms with van der Waals surface area (Å²) in [5, 5.41) is 10.9. The molecule has 0 bridgehead atoms. The van der Waals surface area contributed by atoms with E-state index in [2.05, 4.69) is 34.1 Å². The van der Waals surface area contributed by atoms with Crippen LogP contribution in [-0.4, -0.2) is 5.11 Å². The molecule has 2 aromatic rings. The van der Waals surface area contributed by atoms with E-state index in [4.69, 9.17) is 0 Å². The zero-order chi connectivity index (χ0) is 14.0. The summed E-state index contributed by atoms with van der Waals surface area (Å²) in [6, 6.07) is 19.4. The molecule has 1 aliphatic rings. The Labute approximate surface area is 128 Å². The standard InChI is InChI=1S/C18H18BrO/c19-17-8-6-16(7-9-17)18(20)12-10-15(11-13-18)14-4-2-1-3-5-14/h1-2,4-9,15,20H,10-13H2. The van der Waals surface area contributed by atoms with E-state index >= 15 is 0 Å². The molecule has 2 aromatic carbocycles. The summed E-state index contributed by atoms with van der Waals surface area (Å²) in [5.41, 5.74) is 1.74. The smallest absolute Gasteiger partial charge is 0.0897 e. The summed E-state index contributed by atoms with van der Waals surface area (Å²) in [6.07, 6.45) is 3.72. The lowest BCUT2D eigenvalue weighted by Crippen LogP contribution is -2.30. The lowest BCUT2D eigenvalue weighted by Gasteiger charge is -2.36. The summed E-state index contributed by atoms with van der Waals surface area (Å²) in [4.78, 5) is 0. The van der Waals surface area contributed by atoms with Crippen molar-refractivity contribution in [3.63, 3.8) is 0 Å². The average Bonchev–Trinajstić information content (AvgIpc) is 2.49. The third-order valence-corrected chi connectivity index (χ3v) is 4.93. The zero-order valence-electron chi connectivity index (χ0n) is 11.3. The minimum absolute atomic E-state index is 0.558. The fraction of sp³-hybridized carbons (Fsp3) is 0.333. The van der Waals surface area contributed by atoms with Crippen LogP contribution in [0.4, 0.5) is 0 Å². The van der Waals surface area contributed by atoms with Gasteiger partial charge in [0.2, 0.25) is 0 Å². The van der Waals surface area contributed by atoms with E-state index < -0.39 is 5.60 Å². The van der Waals surface area contributed by atoms with Crippen molar-refractivity contribution in [1.82, 2.24) is 0 Å². The van der Waals surface area contributed by atoms with Crippen molar-refractivity contribution < 1.29 is 5.11 Å². The molecule has 1 saturated carbocycles. The van der Waals surface area contributed by atoms with E-state index in [-0.39, 0.29) is 0 Å². The van der Waals surface area contributed by atoms with Crippen LogP contribution in [0.25, 0.3) is 0 Å². The van der Waals surface area contributed by atoms with E-state index in [9.17, 15) is 5.11 Å². The highest BCUT2D eigenvalue weighted by molar-refractivity contribution is 9.10. The summed E-state index contributed by atoms with van der Waals surface area (Å²) in [6.45, 7) is 0. The third kappa shape index (κ3) is 2.82. The first-order valence-corrected chi connectivity index (χ1v) is 7.91. The molecule has 0 aliphatic heterocycles. The highest BCUT2D eigenvalue weighted by Crippen LogP contribution is 2.43. The monoisotopic (exact) mass is 329 g/mol. The predicted octanol–water partition coefficient (Wildman–Crippen LogP) is 4.79. The first-order chi connectivity index (χ1) is 9.67. The van der Waals surface area contributed by atoms with Gasteiger partial charge >= 0.3 is 0 Å². The van der Waals surface area contributed by atoms with Crippen LogP contribution in [0, 0.1) is 6.07 Å². The van der Waals surface area contributed by atoms with Gasteiger partial charge < -0.3 is 5.11 Å². The molecule has 0 unspecified atom stereocenters. The Morgan fingerprint density at radius 1 is 1.10 bits per heavy atom. The van der Waals surface area contributed by atoms with Gasteiger partial charge in [0.1, 0.15) is 0 Å². The summed E-state index contributed by atoms with van der Waals surface area (Å²) in [5.74, 6) is 0.558. The maximum absolute atomic E-state index is 10.9. The molecule has 1 nitrogen and oxygen atoms in total. The Bertz CT molecular complexity index is 554. The van der Waals surface area contributed by atoms with Crippen LogP contribution in [0.2, 0.25) is 0 Å². The van der Waals surface area contributed by atoms with Crippen molar-refractivity contribution in [2.24, 2.45) is 0 Å². The van der Waals surface area contributed by atoms with Gasteiger partial charge in [-0.3, -0.25) is 0 Å². The molecular formula is C18H18BrO. The first kappa shape index (κ1) is 13.8. The third-order valence-electron chi connectivity index (χ3n) is 4.40. The van der Waals surface area contributed by atoms with Crippen LogP contribution in [0.1, 0.15) is 42.7 Å². The number of hydrogen-bond donors (Lipinski definition) is 1. The lowest BCUT2D eigenvalue weighted by molar-refractivity contribution is -0.00567. The van der Waals surface area contributed by atoms with Gasteiger partial charge in [0.05, 0.1) is 5.60 Å². The molecular weight excluding hydrogens is 312 g/mol. The number of benzene rings is 2. The van der Waals surface area contributed by atoms with E-state index in [0.29, 0.717) is 5.92 Å². The van der Waals surface area contributed by atoms with Gasteiger partial charge in [0.15, 0.2) is 0 Å². The Morgan fingerprint density at radius 3 is 2.40 bits per heavy atom. The lowest BCUT2D eigenvalue weighted by atomic mass is 9.73. The van der Waals surface area contributed by atoms with Crippen LogP contribution in [-0.2, 0) is 5.60 Å². The van der Waals surface area contributed by atoms with Gasteiger partial charge in [-0.2, -0.15) is 0 Å². The van der Waals surface area contributed by atoms with Gasteiger partial charge in [-0.1, -0.05) is 52.3 Å². The molecule has 0 atom stereocenters. The van der Waals surface area contributed by atoms with Gasteiger partial charge in [-0.25, -0.2) is 0 Å². The van der Waals surface area contributed by atoms with Crippen molar-refractivity contribution in [2.45, 2.75) is 37.2 Å². The Morgan fingerprint density at radius 2 is 1.80 bits per heavy atom. The average molecular weight is 330 g/mol. The highest BCUT2D eigenvalue weighted by Gasteiger charge is 2.35. The second-order valence-electron chi connectivity index (χ2n) is 5.65. The van der Waals surface area contributed by atoms with Gasteiger partial charge in [0, 0.05) is 4.47 Å². The molecule has 2 heteroatoms. The maximum Gasteiger partial charge on any atom is 0.0897 e. The Balaban J connectivity index is 1.73. The van der Waals surface area contributed by atoms with Crippen molar-refractivity contribution in [3.8, 4) is 0 Å². The molecule has 1 fully saturated rings. The van der Waals surface area contributed by atoms with Crippen molar-refractivity contribution in [2.75, 3.05) is 0 Å². The predicted molar refractivity (Wildman–Crippen MR) is 84.5 cm³/mol. The zero-order valence-corrected chi connectivity index (χ0v) is 12.9. The van der Waals surface area contributed by atoms with Crippen LogP contribution < -0.4 is 0 Å². The van der Waals surface area contributed by atoms with Crippen molar-refractivity contribution >= 4 is 15.9 Å². The molecule has 0 heterocycles. The van der Waals surface area contributed by atoms with E-state index in [1.807, 2.05) is 36.4 Å². The molecule has 3 rings (SSSR count). The fourth-order valence-corrected chi connectivity index (χ4v) is 3.40. The van der Waals surface area contributed by atoms with E-state index in [1.54, 1.807) is 0 Å². The minimum atomic E-state index is -0.657. The molecule has 0 saturated heterocycles. The number of halogens is 1. The van der Waals surface area contributed by atoms with Crippen LogP contribution in [0.3, 0.4) is 0 Å². The second-order valence-corrected chi connectivity index (χ2v) is 6.57. The van der Waals surface area contributed by atoms with E-state index in [0.717, 1.165) is 35.7 Å². The number of aliphatic hydroxyl groups is 1. The molecule has 1 N–H and O–H groups in total. The first-order valence-electron chi connectivity index (χ1n) is 7.12. The van der Waals surface area contributed by atoms with Crippen LogP contribution in [0.5, 0.6) is 0 Å². The summed E-state index contributed by atoms with van der Waals surface area (Å²) >= 11 is 3.44. The highest BCUT2D eigenvalue weighted by atomic mass is 79.9. The number of hydrogen-bond acceptors (Lipinski definition) is 1. The van der Waals surface area contributed by atoms with Crippen molar-refractivity contribution in [1.29, 1.82) is 0 Å². The fourth-order valence-electron chi connectivity index (χ4n) is 3.14. The summed E-state index contributed by atoms with van der Waals surface area (Å²) in [7, 11) is 0. The van der Waals surface area contributed by atoms with Gasteiger partial charge in [0.25, 0.3) is 0 Å². The second kappa shape index (κ2) is 5.71. The molecule has 20 heavy (non-hydrogen) atoms. The molecule has 0 spiro atoms. The largest absolute Gasteiger partial charge is 0.385 e. The normalized spacial score (nSPS) is 26.4. The molecule has 0 aromatic heterocycles. The molecule has 1 radical (unpaired) electrons. The number of rotatable bonds is 2. The quantitative estimate of drug-likeness (QED) is 0.839. The van der Waals surface area contributed by atoms with E-state index in [1.165, 1.54) is 5.56 Å². The van der Waals surface area contributed by atoms with Crippen LogP contribution >= 0.6 is 15.9 Å². The molecule has 0 amide bonds. The van der Waals surface area contributed by atoms with Gasteiger partial charge in [-0.15, -0.1) is 0 Å². The molecule has 1 aliphatic carbocycles. The van der Waals surface area contributed by atoms with Gasteiger partial charge in [-0.05, 0) is 60.9 Å². The Kier molecular flexibility index (Phi) is 3.95. The van der Waals surface area contributed by atoms with Crippen molar-refractivity contribution in [3.05, 3.63) is 70.2 Å². The molecule has 103 valence electrons. The maximum atomic E-state index is 10.9. The van der Waals surface area contributed by atoms with Crippen LogP contribution in [0.15, 0.2) is 53.0 Å². The topological polar surface area (TPSA) is 20.2 Å². The Hall–Kier alpha value is -1.12. The minimum Gasteiger partial charge on any atom is -0.385 e. The summed E-state index contributed by atoms with van der Waals surface area (Å²) < 4.78 is 1.05. The SMILES string of the molecule is OC1(c2ccc(Br)cc2)CCC(c2c[c]ccc2)CC1.